The van der Waals surface area contributed by atoms with Gasteiger partial charge in [0.15, 0.2) is 6.29 Å². The number of aryl methyl sites for hydroxylation is 1. The third kappa shape index (κ3) is 0.940. The molecule has 2 heterocycles. The fourth-order valence-electron chi connectivity index (χ4n) is 1.18. The Balaban J connectivity index is 2.87. The zero-order valence-corrected chi connectivity index (χ0v) is 7.39. The van der Waals surface area contributed by atoms with E-state index in [1.807, 2.05) is 19.1 Å². The summed E-state index contributed by atoms with van der Waals surface area (Å²) in [5, 5.41) is 1.09. The van der Waals surface area contributed by atoms with Crippen LogP contribution in [-0.4, -0.2) is 11.3 Å². The van der Waals surface area contributed by atoms with Gasteiger partial charge in [0.05, 0.1) is 4.88 Å². The standard InChI is InChI=1S/C9H7NOS/c1-6-7-3-2-4-10-9(7)12-8(6)5-11/h2-5H,1H3. The van der Waals surface area contributed by atoms with Crippen LogP contribution in [-0.2, 0) is 0 Å². The summed E-state index contributed by atoms with van der Waals surface area (Å²) >= 11 is 1.44. The number of thiophene rings is 1. The average Bonchev–Trinajstić information content (AvgIpc) is 2.44. The number of nitrogens with zero attached hydrogens (tertiary/aromatic N) is 1. The maximum atomic E-state index is 10.6. The minimum Gasteiger partial charge on any atom is -0.297 e. The fraction of sp³-hybridized carbons (Fsp3) is 0.111. The van der Waals surface area contributed by atoms with E-state index in [4.69, 9.17) is 0 Å². The van der Waals surface area contributed by atoms with Crippen molar-refractivity contribution >= 4 is 27.8 Å². The molecule has 2 aromatic rings. The van der Waals surface area contributed by atoms with E-state index in [1.54, 1.807) is 6.20 Å². The molecule has 60 valence electrons. The smallest absolute Gasteiger partial charge is 0.160 e. The van der Waals surface area contributed by atoms with Gasteiger partial charge in [-0.3, -0.25) is 4.79 Å². The number of rotatable bonds is 1. The molecule has 0 unspecified atom stereocenters. The molecule has 0 atom stereocenters. The van der Waals surface area contributed by atoms with Gasteiger partial charge in [-0.15, -0.1) is 11.3 Å². The summed E-state index contributed by atoms with van der Waals surface area (Å²) in [6, 6.07) is 3.87. The lowest BCUT2D eigenvalue weighted by atomic mass is 10.2. The number of hydrogen-bond donors (Lipinski definition) is 0. The number of aldehydes is 1. The van der Waals surface area contributed by atoms with Crippen LogP contribution in [0.2, 0.25) is 0 Å². The van der Waals surface area contributed by atoms with Crippen LogP contribution >= 0.6 is 11.3 Å². The van der Waals surface area contributed by atoms with Gasteiger partial charge in [-0.1, -0.05) is 6.07 Å². The zero-order valence-electron chi connectivity index (χ0n) is 6.57. The van der Waals surface area contributed by atoms with Crippen molar-refractivity contribution in [1.82, 2.24) is 4.98 Å². The van der Waals surface area contributed by atoms with E-state index in [0.717, 1.165) is 26.9 Å². The SMILES string of the molecule is Cc1c(C=O)sc2ncccc12. The molecular weight excluding hydrogens is 170 g/mol. The maximum Gasteiger partial charge on any atom is 0.160 e. The van der Waals surface area contributed by atoms with E-state index >= 15 is 0 Å². The molecule has 3 heteroatoms. The first-order valence-corrected chi connectivity index (χ1v) is 4.44. The maximum absolute atomic E-state index is 10.6. The van der Waals surface area contributed by atoms with Crippen LogP contribution in [0, 0.1) is 6.92 Å². The summed E-state index contributed by atoms with van der Waals surface area (Å²) in [5.41, 5.74) is 1.04. The molecule has 0 aliphatic rings. The summed E-state index contributed by atoms with van der Waals surface area (Å²) < 4.78 is 0. The van der Waals surface area contributed by atoms with Crippen molar-refractivity contribution in [3.63, 3.8) is 0 Å². The van der Waals surface area contributed by atoms with E-state index < -0.39 is 0 Å². The topological polar surface area (TPSA) is 30.0 Å². The number of fused-ring (bicyclic) bond motifs is 1. The van der Waals surface area contributed by atoms with Crippen molar-refractivity contribution in [2.24, 2.45) is 0 Å². The van der Waals surface area contributed by atoms with Gasteiger partial charge < -0.3 is 0 Å². The van der Waals surface area contributed by atoms with Gasteiger partial charge in [-0.05, 0) is 18.6 Å². The lowest BCUT2D eigenvalue weighted by Gasteiger charge is -1.87. The monoisotopic (exact) mass is 177 g/mol. The highest BCUT2D eigenvalue weighted by Gasteiger charge is 2.06. The lowest BCUT2D eigenvalue weighted by molar-refractivity contribution is 0.112. The number of pyridine rings is 1. The quantitative estimate of drug-likeness (QED) is 0.626. The Morgan fingerprint density at radius 2 is 2.42 bits per heavy atom. The highest BCUT2D eigenvalue weighted by molar-refractivity contribution is 7.20. The van der Waals surface area contributed by atoms with Crippen LogP contribution in [0.5, 0.6) is 0 Å². The lowest BCUT2D eigenvalue weighted by Crippen LogP contribution is -1.75. The predicted octanol–water partition coefficient (Wildman–Crippen LogP) is 2.42. The van der Waals surface area contributed by atoms with Crippen molar-refractivity contribution in [3.05, 3.63) is 28.8 Å². The van der Waals surface area contributed by atoms with Crippen molar-refractivity contribution in [2.75, 3.05) is 0 Å². The fourth-order valence-corrected chi connectivity index (χ4v) is 2.15. The van der Waals surface area contributed by atoms with E-state index in [-0.39, 0.29) is 0 Å². The molecule has 12 heavy (non-hydrogen) atoms. The van der Waals surface area contributed by atoms with Crippen molar-refractivity contribution in [1.29, 1.82) is 0 Å². The van der Waals surface area contributed by atoms with Crippen molar-refractivity contribution in [3.8, 4) is 0 Å². The molecule has 2 nitrogen and oxygen atoms in total. The zero-order chi connectivity index (χ0) is 8.55. The molecule has 0 saturated carbocycles. The highest BCUT2D eigenvalue weighted by atomic mass is 32.1. The molecule has 0 aliphatic carbocycles. The second kappa shape index (κ2) is 2.68. The summed E-state index contributed by atoms with van der Waals surface area (Å²) in [5.74, 6) is 0. The highest BCUT2D eigenvalue weighted by Crippen LogP contribution is 2.27. The van der Waals surface area contributed by atoms with Gasteiger partial charge >= 0.3 is 0 Å². The Morgan fingerprint density at radius 3 is 3.08 bits per heavy atom. The van der Waals surface area contributed by atoms with Gasteiger partial charge in [0.1, 0.15) is 4.83 Å². The van der Waals surface area contributed by atoms with E-state index in [9.17, 15) is 4.79 Å². The number of aromatic nitrogens is 1. The predicted molar refractivity (Wildman–Crippen MR) is 49.7 cm³/mol. The Hall–Kier alpha value is -1.22. The summed E-state index contributed by atoms with van der Waals surface area (Å²) in [6.45, 7) is 1.95. The number of carbonyl (C=O) groups excluding carboxylic acids is 1. The molecule has 2 aromatic heterocycles. The molecule has 0 N–H and O–H groups in total. The molecule has 2 rings (SSSR count). The molecule has 0 fully saturated rings. The molecule has 0 aromatic carbocycles. The van der Waals surface area contributed by atoms with Crippen LogP contribution in [0.1, 0.15) is 15.2 Å². The summed E-state index contributed by atoms with van der Waals surface area (Å²) in [7, 11) is 0. The number of hydrogen-bond acceptors (Lipinski definition) is 3. The van der Waals surface area contributed by atoms with E-state index in [2.05, 4.69) is 4.98 Å². The molecule has 0 saturated heterocycles. The van der Waals surface area contributed by atoms with E-state index in [0.29, 0.717) is 0 Å². The van der Waals surface area contributed by atoms with Gasteiger partial charge in [0, 0.05) is 11.6 Å². The molecule has 0 aliphatic heterocycles. The molecule has 0 radical (unpaired) electrons. The second-order valence-corrected chi connectivity index (χ2v) is 3.60. The summed E-state index contributed by atoms with van der Waals surface area (Å²) in [6.07, 6.45) is 2.63. The second-order valence-electron chi connectivity index (χ2n) is 2.57. The molecular formula is C9H7NOS. The summed E-state index contributed by atoms with van der Waals surface area (Å²) in [4.78, 5) is 16.5. The Morgan fingerprint density at radius 1 is 1.58 bits per heavy atom. The van der Waals surface area contributed by atoms with Gasteiger partial charge in [0.25, 0.3) is 0 Å². The Bertz CT molecular complexity index is 433. The van der Waals surface area contributed by atoms with Gasteiger partial charge in [0.2, 0.25) is 0 Å². The third-order valence-electron chi connectivity index (χ3n) is 1.86. The first kappa shape index (κ1) is 7.43. The Kier molecular flexibility index (Phi) is 1.66. The first-order valence-electron chi connectivity index (χ1n) is 3.62. The van der Waals surface area contributed by atoms with Crippen LogP contribution in [0.3, 0.4) is 0 Å². The van der Waals surface area contributed by atoms with Crippen LogP contribution < -0.4 is 0 Å². The number of carbonyl (C=O) groups is 1. The molecule has 0 bridgehead atoms. The van der Waals surface area contributed by atoms with Crippen molar-refractivity contribution in [2.45, 2.75) is 6.92 Å². The largest absolute Gasteiger partial charge is 0.297 e. The normalized spacial score (nSPS) is 10.4. The minimum absolute atomic E-state index is 0.781. The Labute approximate surface area is 73.9 Å². The first-order chi connectivity index (χ1) is 5.83. The van der Waals surface area contributed by atoms with Crippen LogP contribution in [0.25, 0.3) is 10.2 Å². The average molecular weight is 177 g/mol. The minimum atomic E-state index is 0.781. The molecule has 0 amide bonds. The van der Waals surface area contributed by atoms with Crippen LogP contribution in [0.4, 0.5) is 0 Å². The molecule has 0 spiro atoms. The van der Waals surface area contributed by atoms with Crippen molar-refractivity contribution < 1.29 is 4.79 Å². The van der Waals surface area contributed by atoms with Gasteiger partial charge in [-0.2, -0.15) is 0 Å². The van der Waals surface area contributed by atoms with E-state index in [1.165, 1.54) is 11.3 Å². The third-order valence-corrected chi connectivity index (χ3v) is 3.00. The van der Waals surface area contributed by atoms with Crippen LogP contribution in [0.15, 0.2) is 18.3 Å². The van der Waals surface area contributed by atoms with Gasteiger partial charge in [-0.25, -0.2) is 4.98 Å².